The first-order chi connectivity index (χ1) is 13.6. The van der Waals surface area contributed by atoms with Crippen molar-refractivity contribution >= 4 is 5.97 Å². The molecule has 0 atom stereocenters. The Labute approximate surface area is 159 Å². The van der Waals surface area contributed by atoms with Crippen molar-refractivity contribution in [3.63, 3.8) is 0 Å². The maximum Gasteiger partial charge on any atom is 0.335 e. The summed E-state index contributed by atoms with van der Waals surface area (Å²) in [6.07, 6.45) is 0. The first-order valence-electron chi connectivity index (χ1n) is 8.33. The van der Waals surface area contributed by atoms with E-state index in [-0.39, 0.29) is 11.3 Å². The molecule has 0 spiro atoms. The minimum Gasteiger partial charge on any atom is -0.508 e. The molecule has 0 aliphatic heterocycles. The number of hydrogen-bond donors (Lipinski definition) is 2. The van der Waals surface area contributed by atoms with Gasteiger partial charge in [-0.05, 0) is 72.8 Å². The molecule has 7 nitrogen and oxygen atoms in total. The monoisotopic (exact) mass is 374 g/mol. The highest BCUT2D eigenvalue weighted by atomic mass is 16.5. The van der Waals surface area contributed by atoms with E-state index in [9.17, 15) is 9.90 Å². The fourth-order valence-electron chi connectivity index (χ4n) is 2.54. The molecule has 1 aromatic heterocycles. The predicted octanol–water partition coefficient (Wildman–Crippen LogP) is 4.60. The summed E-state index contributed by atoms with van der Waals surface area (Å²) in [5.74, 6) is 1.09. The number of hydrogen-bond acceptors (Lipinski definition) is 6. The number of nitrogens with zero attached hydrogens (tertiary/aromatic N) is 2. The lowest BCUT2D eigenvalue weighted by Crippen LogP contribution is -1.95. The SMILES string of the molecule is O=C(O)c1ccc(Oc2ccc(-c3noc(-c4ccc(O)cc4)n3)cc2)cc1. The lowest BCUT2D eigenvalue weighted by Gasteiger charge is -2.06. The molecule has 1 heterocycles. The third-order valence-electron chi connectivity index (χ3n) is 3.99. The summed E-state index contributed by atoms with van der Waals surface area (Å²) in [5, 5.41) is 22.3. The molecule has 0 aliphatic carbocycles. The van der Waals surface area contributed by atoms with Crippen LogP contribution in [0, 0.1) is 0 Å². The number of phenolic OH excluding ortho intramolecular Hbond substituents is 1. The van der Waals surface area contributed by atoms with Crippen LogP contribution in [0.2, 0.25) is 0 Å². The Bertz CT molecular complexity index is 1100. The number of aromatic hydroxyl groups is 1. The molecule has 0 bridgehead atoms. The second-order valence-electron chi connectivity index (χ2n) is 5.93. The molecule has 4 rings (SSSR count). The van der Waals surface area contributed by atoms with Gasteiger partial charge in [0.15, 0.2) is 0 Å². The zero-order valence-corrected chi connectivity index (χ0v) is 14.4. The average molecular weight is 374 g/mol. The van der Waals surface area contributed by atoms with Gasteiger partial charge in [-0.2, -0.15) is 4.98 Å². The first-order valence-corrected chi connectivity index (χ1v) is 8.33. The molecule has 0 saturated carbocycles. The number of carboxylic acid groups (broad SMARTS) is 1. The Morgan fingerprint density at radius 2 is 1.39 bits per heavy atom. The number of aromatic nitrogens is 2. The Hall–Kier alpha value is -4.13. The second kappa shape index (κ2) is 7.24. The summed E-state index contributed by atoms with van der Waals surface area (Å²) >= 11 is 0. The summed E-state index contributed by atoms with van der Waals surface area (Å²) in [4.78, 5) is 15.2. The Morgan fingerprint density at radius 3 is 2.00 bits per heavy atom. The molecule has 138 valence electrons. The molecule has 0 amide bonds. The van der Waals surface area contributed by atoms with E-state index >= 15 is 0 Å². The van der Waals surface area contributed by atoms with Crippen LogP contribution >= 0.6 is 0 Å². The third kappa shape index (κ3) is 3.68. The standard InChI is InChI=1S/C21H14N2O5/c24-16-7-1-14(2-8-16)20-22-19(23-28-20)13-3-9-17(10-4-13)27-18-11-5-15(6-12-18)21(25)26/h1-12,24H,(H,25,26). The van der Waals surface area contributed by atoms with E-state index in [0.29, 0.717) is 28.8 Å². The molecule has 0 unspecified atom stereocenters. The molecule has 0 aliphatic rings. The zero-order valence-electron chi connectivity index (χ0n) is 14.4. The van der Waals surface area contributed by atoms with Gasteiger partial charge in [0, 0.05) is 11.1 Å². The Kier molecular flexibility index (Phi) is 4.47. The predicted molar refractivity (Wildman–Crippen MR) is 100 cm³/mol. The molecule has 2 N–H and O–H groups in total. The van der Waals surface area contributed by atoms with E-state index in [1.165, 1.54) is 12.1 Å². The van der Waals surface area contributed by atoms with Crippen molar-refractivity contribution in [2.75, 3.05) is 0 Å². The second-order valence-corrected chi connectivity index (χ2v) is 5.93. The van der Waals surface area contributed by atoms with Crippen LogP contribution < -0.4 is 4.74 Å². The first kappa shape index (κ1) is 17.3. The van der Waals surface area contributed by atoms with Crippen molar-refractivity contribution < 1.29 is 24.3 Å². The Morgan fingerprint density at radius 1 is 0.821 bits per heavy atom. The summed E-state index contributed by atoms with van der Waals surface area (Å²) in [7, 11) is 0. The molecule has 0 saturated heterocycles. The zero-order chi connectivity index (χ0) is 19.5. The number of ether oxygens (including phenoxy) is 1. The summed E-state index contributed by atoms with van der Waals surface area (Å²) in [6, 6.07) is 19.8. The third-order valence-corrected chi connectivity index (χ3v) is 3.99. The van der Waals surface area contributed by atoms with Crippen molar-refractivity contribution in [2.45, 2.75) is 0 Å². The van der Waals surface area contributed by atoms with Crippen LogP contribution in [0.4, 0.5) is 0 Å². The number of carbonyl (C=O) groups is 1. The molecule has 0 fully saturated rings. The van der Waals surface area contributed by atoms with Crippen LogP contribution in [0.3, 0.4) is 0 Å². The van der Waals surface area contributed by atoms with Crippen LogP contribution in [-0.4, -0.2) is 26.3 Å². The van der Waals surface area contributed by atoms with E-state index in [2.05, 4.69) is 10.1 Å². The maximum absolute atomic E-state index is 10.9. The van der Waals surface area contributed by atoms with Crippen LogP contribution in [0.5, 0.6) is 17.2 Å². The van der Waals surface area contributed by atoms with Gasteiger partial charge in [0.1, 0.15) is 17.2 Å². The lowest BCUT2D eigenvalue weighted by atomic mass is 10.2. The van der Waals surface area contributed by atoms with E-state index in [1.54, 1.807) is 60.7 Å². The van der Waals surface area contributed by atoms with Crippen LogP contribution in [0.25, 0.3) is 22.8 Å². The van der Waals surface area contributed by atoms with Crippen molar-refractivity contribution in [1.82, 2.24) is 10.1 Å². The van der Waals surface area contributed by atoms with E-state index in [4.69, 9.17) is 14.4 Å². The van der Waals surface area contributed by atoms with E-state index in [0.717, 1.165) is 5.56 Å². The number of phenols is 1. The minimum absolute atomic E-state index is 0.164. The molecule has 28 heavy (non-hydrogen) atoms. The Balaban J connectivity index is 1.49. The molecule has 0 radical (unpaired) electrons. The van der Waals surface area contributed by atoms with Gasteiger partial charge in [-0.15, -0.1) is 0 Å². The van der Waals surface area contributed by atoms with Gasteiger partial charge < -0.3 is 19.5 Å². The number of rotatable bonds is 5. The lowest BCUT2D eigenvalue weighted by molar-refractivity contribution is 0.0697. The molecular formula is C21H14N2O5. The van der Waals surface area contributed by atoms with Crippen molar-refractivity contribution in [3.05, 3.63) is 78.4 Å². The fraction of sp³-hybridized carbons (Fsp3) is 0. The smallest absolute Gasteiger partial charge is 0.335 e. The molecule has 7 heteroatoms. The fourth-order valence-corrected chi connectivity index (χ4v) is 2.54. The van der Waals surface area contributed by atoms with E-state index in [1.807, 2.05) is 0 Å². The van der Waals surface area contributed by atoms with Gasteiger partial charge in [-0.3, -0.25) is 0 Å². The normalized spacial score (nSPS) is 10.6. The number of carboxylic acids is 1. The highest BCUT2D eigenvalue weighted by Crippen LogP contribution is 2.27. The molecule has 3 aromatic carbocycles. The van der Waals surface area contributed by atoms with Crippen LogP contribution in [-0.2, 0) is 0 Å². The van der Waals surface area contributed by atoms with Crippen molar-refractivity contribution in [1.29, 1.82) is 0 Å². The van der Waals surface area contributed by atoms with Gasteiger partial charge in [0.2, 0.25) is 5.82 Å². The van der Waals surface area contributed by atoms with Gasteiger partial charge in [-0.1, -0.05) is 5.16 Å². The maximum atomic E-state index is 10.9. The quantitative estimate of drug-likeness (QED) is 0.526. The van der Waals surface area contributed by atoms with Gasteiger partial charge in [0.25, 0.3) is 5.89 Å². The molecule has 4 aromatic rings. The summed E-state index contributed by atoms with van der Waals surface area (Å²) in [5.41, 5.74) is 1.66. The van der Waals surface area contributed by atoms with Crippen molar-refractivity contribution in [3.8, 4) is 40.1 Å². The summed E-state index contributed by atoms with van der Waals surface area (Å²) < 4.78 is 11.0. The van der Waals surface area contributed by atoms with Crippen molar-refractivity contribution in [2.24, 2.45) is 0 Å². The molecular weight excluding hydrogens is 360 g/mol. The van der Waals surface area contributed by atoms with Gasteiger partial charge >= 0.3 is 5.97 Å². The van der Waals surface area contributed by atoms with Crippen LogP contribution in [0.15, 0.2) is 77.3 Å². The topological polar surface area (TPSA) is 106 Å². The van der Waals surface area contributed by atoms with Crippen LogP contribution in [0.1, 0.15) is 10.4 Å². The average Bonchev–Trinajstić information content (AvgIpc) is 3.20. The summed E-state index contributed by atoms with van der Waals surface area (Å²) in [6.45, 7) is 0. The van der Waals surface area contributed by atoms with Gasteiger partial charge in [-0.25, -0.2) is 4.79 Å². The number of benzene rings is 3. The highest BCUT2D eigenvalue weighted by molar-refractivity contribution is 5.87. The van der Waals surface area contributed by atoms with E-state index < -0.39 is 5.97 Å². The van der Waals surface area contributed by atoms with Gasteiger partial charge in [0.05, 0.1) is 5.56 Å². The highest BCUT2D eigenvalue weighted by Gasteiger charge is 2.11. The number of aromatic carboxylic acids is 1. The minimum atomic E-state index is -0.984. The largest absolute Gasteiger partial charge is 0.508 e.